The molecule has 3 nitrogen and oxygen atoms in total. The summed E-state index contributed by atoms with van der Waals surface area (Å²) in [5, 5.41) is 2.20. The molecule has 1 aliphatic rings. The Hall–Kier alpha value is -0.220. The second kappa shape index (κ2) is 7.96. The quantitative estimate of drug-likeness (QED) is 0.865. The number of hydrogen-bond acceptors (Lipinski definition) is 3. The number of alkyl halides is 1. The van der Waals surface area contributed by atoms with E-state index in [-0.39, 0.29) is 24.8 Å². The smallest absolute Gasteiger partial charge is 0.0673 e. The van der Waals surface area contributed by atoms with Crippen LogP contribution in [0, 0.1) is 0 Å². The van der Waals surface area contributed by atoms with Gasteiger partial charge in [-0.25, -0.2) is 5.01 Å². The molecule has 1 aromatic heterocycles. The van der Waals surface area contributed by atoms with Crippen LogP contribution >= 0.6 is 36.4 Å². The zero-order valence-corrected chi connectivity index (χ0v) is 11.2. The molecule has 2 heterocycles. The van der Waals surface area contributed by atoms with E-state index in [4.69, 9.17) is 11.6 Å². The molecule has 1 N–H and O–H groups in total. The summed E-state index contributed by atoms with van der Waals surface area (Å²) in [5.74, 6) is 0.688. The van der Waals surface area contributed by atoms with Gasteiger partial charge in [-0.3, -0.25) is 4.98 Å². The maximum absolute atomic E-state index is 5.87. The predicted molar refractivity (Wildman–Crippen MR) is 72.8 cm³/mol. The molecule has 0 spiro atoms. The Morgan fingerprint density at radius 1 is 1.50 bits per heavy atom. The first kappa shape index (κ1) is 15.8. The molecule has 0 amide bonds. The lowest BCUT2D eigenvalue weighted by molar-refractivity contribution is 0.328. The van der Waals surface area contributed by atoms with Crippen LogP contribution in [0.4, 0.5) is 5.69 Å². The van der Waals surface area contributed by atoms with Crippen molar-refractivity contribution >= 4 is 42.1 Å². The molecule has 1 fully saturated rings. The third-order valence-corrected chi connectivity index (χ3v) is 2.85. The third-order valence-electron chi connectivity index (χ3n) is 2.49. The average Bonchev–Trinajstić information content (AvgIpc) is 2.67. The Balaban J connectivity index is 0.00000112. The van der Waals surface area contributed by atoms with E-state index in [2.05, 4.69) is 15.4 Å². The summed E-state index contributed by atoms with van der Waals surface area (Å²) in [6, 6.07) is 4.39. The highest BCUT2D eigenvalue weighted by Gasteiger charge is 2.23. The van der Waals surface area contributed by atoms with Crippen molar-refractivity contribution in [1.29, 1.82) is 0 Å². The van der Waals surface area contributed by atoms with Gasteiger partial charge in [-0.15, -0.1) is 36.4 Å². The third kappa shape index (κ3) is 3.98. The van der Waals surface area contributed by atoms with Crippen molar-refractivity contribution in [2.45, 2.75) is 18.9 Å². The summed E-state index contributed by atoms with van der Waals surface area (Å²) in [6.07, 6.45) is 5.99. The Morgan fingerprint density at radius 3 is 2.94 bits per heavy atom. The van der Waals surface area contributed by atoms with E-state index >= 15 is 0 Å². The molecule has 0 unspecified atom stereocenters. The minimum absolute atomic E-state index is 0. The summed E-state index contributed by atoms with van der Waals surface area (Å²) >= 11 is 5.87. The molecule has 1 aliphatic heterocycles. The topological polar surface area (TPSA) is 28.2 Å². The molecule has 0 bridgehead atoms. The van der Waals surface area contributed by atoms with Gasteiger partial charge >= 0.3 is 0 Å². The van der Waals surface area contributed by atoms with Gasteiger partial charge in [0.25, 0.3) is 0 Å². The zero-order valence-electron chi connectivity index (χ0n) is 8.80. The van der Waals surface area contributed by atoms with Crippen LogP contribution in [0.3, 0.4) is 0 Å². The second-order valence-electron chi connectivity index (χ2n) is 3.50. The normalized spacial score (nSPS) is 19.7. The molecule has 0 saturated carbocycles. The Bertz CT molecular complexity index is 284. The molecule has 0 radical (unpaired) electrons. The Kier molecular flexibility index (Phi) is 7.85. The lowest BCUT2D eigenvalue weighted by Gasteiger charge is -2.24. The molecular formula is C10H16Cl3N3. The van der Waals surface area contributed by atoms with E-state index in [0.717, 1.165) is 12.2 Å². The first-order valence-electron chi connectivity index (χ1n) is 4.89. The van der Waals surface area contributed by atoms with Crippen LogP contribution in [0.5, 0.6) is 0 Å². The van der Waals surface area contributed by atoms with Gasteiger partial charge in [0.05, 0.1) is 11.9 Å². The molecule has 1 aromatic rings. The van der Waals surface area contributed by atoms with Gasteiger partial charge in [0.1, 0.15) is 0 Å². The number of aromatic nitrogens is 1. The molecule has 0 aromatic carbocycles. The lowest BCUT2D eigenvalue weighted by atomic mass is 10.2. The van der Waals surface area contributed by atoms with E-state index in [9.17, 15) is 0 Å². The molecular weight excluding hydrogens is 268 g/mol. The molecule has 1 saturated heterocycles. The van der Waals surface area contributed by atoms with Crippen molar-refractivity contribution in [3.05, 3.63) is 24.5 Å². The van der Waals surface area contributed by atoms with Crippen molar-refractivity contribution in [2.75, 3.05) is 17.9 Å². The van der Waals surface area contributed by atoms with Gasteiger partial charge in [0.15, 0.2) is 0 Å². The minimum Gasteiger partial charge on any atom is -0.317 e. The van der Waals surface area contributed by atoms with Crippen LogP contribution in [0.15, 0.2) is 24.5 Å². The minimum atomic E-state index is 0. The summed E-state index contributed by atoms with van der Waals surface area (Å²) in [4.78, 5) is 4.06. The molecule has 92 valence electrons. The van der Waals surface area contributed by atoms with E-state index < -0.39 is 0 Å². The fourth-order valence-corrected chi connectivity index (χ4v) is 2.06. The summed E-state index contributed by atoms with van der Waals surface area (Å²) in [6.45, 7) is 1.06. The highest BCUT2D eigenvalue weighted by Crippen LogP contribution is 2.19. The second-order valence-corrected chi connectivity index (χ2v) is 3.81. The monoisotopic (exact) mass is 283 g/mol. The van der Waals surface area contributed by atoms with Gasteiger partial charge in [-0.2, -0.15) is 0 Å². The number of nitrogens with zero attached hydrogens (tertiary/aromatic N) is 2. The fourth-order valence-electron chi connectivity index (χ4n) is 1.74. The van der Waals surface area contributed by atoms with Gasteiger partial charge in [-0.1, -0.05) is 0 Å². The Morgan fingerprint density at radius 2 is 2.31 bits per heavy atom. The van der Waals surface area contributed by atoms with Crippen molar-refractivity contribution in [2.24, 2.45) is 0 Å². The summed E-state index contributed by atoms with van der Waals surface area (Å²) in [7, 11) is 0. The summed E-state index contributed by atoms with van der Waals surface area (Å²) in [5.41, 5.74) is 4.36. The predicted octanol–water partition coefficient (Wildman–Crippen LogP) is 2.96. The standard InChI is InChI=1S/C10H14ClN3.2ClH/c11-7-10-4-2-6-14(10)13-9-3-1-5-12-8-9;;/h1,3,5,8,10,13H,2,4,6-7H2;2*1H/t10-;;/m0../s1. The molecule has 1 atom stereocenters. The van der Waals surface area contributed by atoms with E-state index in [1.165, 1.54) is 12.8 Å². The van der Waals surface area contributed by atoms with Crippen LogP contribution in [-0.4, -0.2) is 28.5 Å². The number of rotatable bonds is 3. The van der Waals surface area contributed by atoms with Gasteiger partial charge in [0, 0.05) is 24.7 Å². The first-order valence-corrected chi connectivity index (χ1v) is 5.43. The van der Waals surface area contributed by atoms with Gasteiger partial charge in [0.2, 0.25) is 0 Å². The maximum atomic E-state index is 5.87. The van der Waals surface area contributed by atoms with Crippen molar-refractivity contribution < 1.29 is 0 Å². The zero-order chi connectivity index (χ0) is 9.80. The molecule has 16 heavy (non-hydrogen) atoms. The summed E-state index contributed by atoms with van der Waals surface area (Å²) < 4.78 is 0. The van der Waals surface area contributed by atoms with E-state index in [1.54, 1.807) is 6.20 Å². The van der Waals surface area contributed by atoms with Crippen LogP contribution < -0.4 is 5.43 Å². The highest BCUT2D eigenvalue weighted by molar-refractivity contribution is 6.18. The number of halogens is 3. The molecule has 6 heteroatoms. The van der Waals surface area contributed by atoms with Crippen molar-refractivity contribution in [3.8, 4) is 0 Å². The number of anilines is 1. The van der Waals surface area contributed by atoms with Crippen LogP contribution in [-0.2, 0) is 0 Å². The Labute approximate surface area is 113 Å². The first-order chi connectivity index (χ1) is 6.90. The van der Waals surface area contributed by atoms with Crippen LogP contribution in [0.1, 0.15) is 12.8 Å². The largest absolute Gasteiger partial charge is 0.317 e. The van der Waals surface area contributed by atoms with E-state index in [0.29, 0.717) is 11.9 Å². The number of hydrogen-bond donors (Lipinski definition) is 1. The number of hydrazine groups is 1. The van der Waals surface area contributed by atoms with Gasteiger partial charge < -0.3 is 5.43 Å². The van der Waals surface area contributed by atoms with Crippen LogP contribution in [0.2, 0.25) is 0 Å². The van der Waals surface area contributed by atoms with Crippen molar-refractivity contribution in [1.82, 2.24) is 9.99 Å². The average molecular weight is 285 g/mol. The number of pyridine rings is 1. The molecule has 2 rings (SSSR count). The maximum Gasteiger partial charge on any atom is 0.0673 e. The highest BCUT2D eigenvalue weighted by atomic mass is 35.5. The lowest BCUT2D eigenvalue weighted by Crippen LogP contribution is -2.35. The van der Waals surface area contributed by atoms with Gasteiger partial charge in [-0.05, 0) is 25.0 Å². The number of nitrogens with one attached hydrogen (secondary N) is 1. The fraction of sp³-hybridized carbons (Fsp3) is 0.500. The van der Waals surface area contributed by atoms with Crippen LogP contribution in [0.25, 0.3) is 0 Å². The van der Waals surface area contributed by atoms with E-state index in [1.807, 2.05) is 18.3 Å². The SMILES string of the molecule is Cl.Cl.ClC[C@@H]1CCCN1Nc1cccnc1. The molecule has 0 aliphatic carbocycles. The van der Waals surface area contributed by atoms with Crippen molar-refractivity contribution in [3.63, 3.8) is 0 Å².